The van der Waals surface area contributed by atoms with Crippen LogP contribution in [0.25, 0.3) is 0 Å². The van der Waals surface area contributed by atoms with Crippen LogP contribution in [0.1, 0.15) is 18.4 Å². The molecule has 1 unspecified atom stereocenters. The van der Waals surface area contributed by atoms with E-state index in [2.05, 4.69) is 40.2 Å². The molecule has 2 fully saturated rings. The third-order valence-electron chi connectivity index (χ3n) is 3.16. The van der Waals surface area contributed by atoms with E-state index in [-0.39, 0.29) is 0 Å². The zero-order valence-corrected chi connectivity index (χ0v) is 8.88. The van der Waals surface area contributed by atoms with Crippen molar-refractivity contribution in [3.05, 3.63) is 34.3 Å². The van der Waals surface area contributed by atoms with Gasteiger partial charge >= 0.3 is 0 Å². The summed E-state index contributed by atoms with van der Waals surface area (Å²) in [7, 11) is 0. The minimum atomic E-state index is 0.403. The van der Waals surface area contributed by atoms with Crippen molar-refractivity contribution >= 4 is 15.9 Å². The third kappa shape index (κ3) is 1.24. The first-order valence-electron chi connectivity index (χ1n) is 4.69. The number of benzene rings is 1. The Kier molecular flexibility index (Phi) is 1.59. The molecule has 1 saturated heterocycles. The molecule has 1 aliphatic carbocycles. The summed E-state index contributed by atoms with van der Waals surface area (Å²) in [6, 6.07) is 8.69. The van der Waals surface area contributed by atoms with Crippen molar-refractivity contribution in [3.8, 4) is 0 Å². The van der Waals surface area contributed by atoms with E-state index >= 15 is 0 Å². The fourth-order valence-corrected chi connectivity index (χ4v) is 2.34. The minimum Gasteiger partial charge on any atom is -0.372 e. The Hall–Kier alpha value is -0.340. The van der Waals surface area contributed by atoms with Crippen LogP contribution in [-0.2, 0) is 10.2 Å². The Balaban J connectivity index is 1.95. The first-order chi connectivity index (χ1) is 6.31. The molecule has 0 N–H and O–H groups in total. The smallest absolute Gasteiger partial charge is 0.0906 e. The summed E-state index contributed by atoms with van der Waals surface area (Å²) in [5, 5.41) is 0. The van der Waals surface area contributed by atoms with E-state index in [4.69, 9.17) is 4.74 Å². The number of halogens is 1. The SMILES string of the molecule is Brc1ccc(C2(C3CO3)CC2)cc1. The predicted molar refractivity (Wildman–Crippen MR) is 54.8 cm³/mol. The van der Waals surface area contributed by atoms with Crippen molar-refractivity contribution in [2.75, 3.05) is 6.61 Å². The second-order valence-corrected chi connectivity index (χ2v) is 4.90. The molecular weight excluding hydrogens is 228 g/mol. The van der Waals surface area contributed by atoms with Crippen LogP contribution in [0.3, 0.4) is 0 Å². The molecule has 0 radical (unpaired) electrons. The molecule has 1 saturated carbocycles. The van der Waals surface area contributed by atoms with Crippen molar-refractivity contribution in [1.82, 2.24) is 0 Å². The van der Waals surface area contributed by atoms with Gasteiger partial charge in [-0.15, -0.1) is 0 Å². The van der Waals surface area contributed by atoms with Crippen molar-refractivity contribution in [3.63, 3.8) is 0 Å². The monoisotopic (exact) mass is 238 g/mol. The molecule has 2 heteroatoms. The summed E-state index contributed by atoms with van der Waals surface area (Å²) in [6.45, 7) is 0.968. The van der Waals surface area contributed by atoms with E-state index in [9.17, 15) is 0 Å². The quantitative estimate of drug-likeness (QED) is 0.723. The van der Waals surface area contributed by atoms with Crippen LogP contribution >= 0.6 is 15.9 Å². The van der Waals surface area contributed by atoms with Gasteiger partial charge in [-0.1, -0.05) is 28.1 Å². The predicted octanol–water partition coefficient (Wildman–Crippen LogP) is 2.88. The van der Waals surface area contributed by atoms with Crippen LogP contribution in [0, 0.1) is 0 Å². The maximum atomic E-state index is 5.41. The van der Waals surface area contributed by atoms with Gasteiger partial charge in [0, 0.05) is 9.89 Å². The molecule has 0 aromatic heterocycles. The van der Waals surface area contributed by atoms with Crippen LogP contribution in [0.15, 0.2) is 28.7 Å². The van der Waals surface area contributed by atoms with Gasteiger partial charge in [0.05, 0.1) is 12.7 Å². The number of epoxide rings is 1. The molecule has 0 spiro atoms. The highest BCUT2D eigenvalue weighted by molar-refractivity contribution is 9.10. The van der Waals surface area contributed by atoms with Gasteiger partial charge in [-0.05, 0) is 30.5 Å². The van der Waals surface area contributed by atoms with E-state index < -0.39 is 0 Å². The van der Waals surface area contributed by atoms with Gasteiger partial charge in [0.25, 0.3) is 0 Å². The average molecular weight is 239 g/mol. The molecule has 2 aliphatic rings. The molecule has 1 nitrogen and oxygen atoms in total. The number of hydrogen-bond donors (Lipinski definition) is 0. The summed E-state index contributed by atoms with van der Waals surface area (Å²) in [5.41, 5.74) is 1.86. The molecule has 1 aliphatic heterocycles. The largest absolute Gasteiger partial charge is 0.372 e. The lowest BCUT2D eigenvalue weighted by molar-refractivity contribution is 0.364. The van der Waals surface area contributed by atoms with Crippen molar-refractivity contribution in [2.24, 2.45) is 0 Å². The Bertz CT molecular complexity index is 322. The van der Waals surface area contributed by atoms with Gasteiger partial charge in [0.1, 0.15) is 0 Å². The zero-order chi connectivity index (χ0) is 8.89. The molecule has 68 valence electrons. The molecule has 3 rings (SSSR count). The molecule has 13 heavy (non-hydrogen) atoms. The van der Waals surface area contributed by atoms with Gasteiger partial charge < -0.3 is 4.74 Å². The summed E-state index contributed by atoms with van der Waals surface area (Å²) in [5.74, 6) is 0. The van der Waals surface area contributed by atoms with E-state index in [1.165, 1.54) is 18.4 Å². The third-order valence-corrected chi connectivity index (χ3v) is 3.69. The Morgan fingerprint density at radius 1 is 1.23 bits per heavy atom. The van der Waals surface area contributed by atoms with Crippen LogP contribution in [-0.4, -0.2) is 12.7 Å². The van der Waals surface area contributed by atoms with Gasteiger partial charge in [0.2, 0.25) is 0 Å². The van der Waals surface area contributed by atoms with Crippen molar-refractivity contribution < 1.29 is 4.74 Å². The fourth-order valence-electron chi connectivity index (χ4n) is 2.08. The van der Waals surface area contributed by atoms with Gasteiger partial charge in [-0.3, -0.25) is 0 Å². The van der Waals surface area contributed by atoms with Crippen molar-refractivity contribution in [2.45, 2.75) is 24.4 Å². The van der Waals surface area contributed by atoms with Crippen molar-refractivity contribution in [1.29, 1.82) is 0 Å². The van der Waals surface area contributed by atoms with Crippen LogP contribution < -0.4 is 0 Å². The first kappa shape index (κ1) is 8.01. The van der Waals surface area contributed by atoms with E-state index in [1.807, 2.05) is 0 Å². The number of rotatable bonds is 2. The van der Waals surface area contributed by atoms with Gasteiger partial charge in [-0.25, -0.2) is 0 Å². The van der Waals surface area contributed by atoms with Gasteiger partial charge in [0.15, 0.2) is 0 Å². The summed E-state index contributed by atoms with van der Waals surface area (Å²) in [6.07, 6.45) is 3.13. The molecule has 1 atom stereocenters. The molecule has 0 amide bonds. The summed E-state index contributed by atoms with van der Waals surface area (Å²) < 4.78 is 6.56. The van der Waals surface area contributed by atoms with E-state index in [0.29, 0.717) is 11.5 Å². The Labute approximate surface area is 86.2 Å². The zero-order valence-electron chi connectivity index (χ0n) is 7.29. The first-order valence-corrected chi connectivity index (χ1v) is 5.48. The van der Waals surface area contributed by atoms with E-state index in [0.717, 1.165) is 11.1 Å². The second kappa shape index (κ2) is 2.58. The lowest BCUT2D eigenvalue weighted by Crippen LogP contribution is -2.14. The average Bonchev–Trinajstić information content (AvgIpc) is 3.00. The molecule has 1 aromatic rings. The molecule has 0 bridgehead atoms. The van der Waals surface area contributed by atoms with E-state index in [1.54, 1.807) is 0 Å². The molecular formula is C11H11BrO. The highest BCUT2D eigenvalue weighted by Crippen LogP contribution is 2.55. The summed E-state index contributed by atoms with van der Waals surface area (Å²) in [4.78, 5) is 0. The minimum absolute atomic E-state index is 0.403. The standard InChI is InChI=1S/C11H11BrO/c12-9-3-1-8(2-4-9)11(5-6-11)10-7-13-10/h1-4,10H,5-7H2. The molecule has 1 heterocycles. The highest BCUT2D eigenvalue weighted by Gasteiger charge is 2.56. The van der Waals surface area contributed by atoms with Gasteiger partial charge in [-0.2, -0.15) is 0 Å². The summed E-state index contributed by atoms with van der Waals surface area (Å²) >= 11 is 3.45. The Morgan fingerprint density at radius 2 is 1.85 bits per heavy atom. The lowest BCUT2D eigenvalue weighted by atomic mass is 9.93. The maximum absolute atomic E-state index is 5.41. The fraction of sp³-hybridized carbons (Fsp3) is 0.455. The van der Waals surface area contributed by atoms with Crippen LogP contribution in [0.2, 0.25) is 0 Å². The van der Waals surface area contributed by atoms with Crippen LogP contribution in [0.4, 0.5) is 0 Å². The van der Waals surface area contributed by atoms with Crippen LogP contribution in [0.5, 0.6) is 0 Å². The Morgan fingerprint density at radius 3 is 2.31 bits per heavy atom. The maximum Gasteiger partial charge on any atom is 0.0906 e. The highest BCUT2D eigenvalue weighted by atomic mass is 79.9. The molecule has 1 aromatic carbocycles. The number of ether oxygens (including phenoxy) is 1. The normalized spacial score (nSPS) is 28.5. The lowest BCUT2D eigenvalue weighted by Gasteiger charge is -2.11. The topological polar surface area (TPSA) is 12.5 Å². The number of hydrogen-bond acceptors (Lipinski definition) is 1. The second-order valence-electron chi connectivity index (χ2n) is 3.99.